The number of hydrogen-bond donors (Lipinski definition) is 1. The van der Waals surface area contributed by atoms with E-state index in [1.165, 1.54) is 11.1 Å². The van der Waals surface area contributed by atoms with Crippen molar-refractivity contribution in [2.75, 3.05) is 7.11 Å². The highest BCUT2D eigenvalue weighted by Gasteiger charge is 2.38. The molecule has 0 aromatic heterocycles. The summed E-state index contributed by atoms with van der Waals surface area (Å²) in [5, 5.41) is 11.2. The lowest BCUT2D eigenvalue weighted by atomic mass is 9.86. The molecule has 1 aliphatic carbocycles. The SMILES string of the molecule is COc1ccc2c(c1)C(O)(c1ccc(C(C)C)cc1)CC2. The minimum atomic E-state index is -0.890. The van der Waals surface area contributed by atoms with Crippen molar-refractivity contribution in [3.63, 3.8) is 0 Å². The van der Waals surface area contributed by atoms with Gasteiger partial charge in [-0.25, -0.2) is 0 Å². The molecule has 0 radical (unpaired) electrons. The van der Waals surface area contributed by atoms with Crippen LogP contribution in [0.25, 0.3) is 0 Å². The number of benzene rings is 2. The van der Waals surface area contributed by atoms with Gasteiger partial charge in [-0.15, -0.1) is 0 Å². The normalized spacial score (nSPS) is 20.6. The van der Waals surface area contributed by atoms with Crippen LogP contribution in [0.1, 0.15) is 48.4 Å². The number of hydrogen-bond acceptors (Lipinski definition) is 2. The monoisotopic (exact) mass is 282 g/mol. The molecule has 0 heterocycles. The largest absolute Gasteiger partial charge is 0.497 e. The first-order valence-corrected chi connectivity index (χ1v) is 7.55. The van der Waals surface area contributed by atoms with Gasteiger partial charge in [0.15, 0.2) is 0 Å². The highest BCUT2D eigenvalue weighted by Crippen LogP contribution is 2.43. The predicted octanol–water partition coefficient (Wildman–Crippen LogP) is 4.00. The first-order chi connectivity index (χ1) is 10.0. The topological polar surface area (TPSA) is 29.5 Å². The molecule has 1 aliphatic rings. The Morgan fingerprint density at radius 3 is 2.43 bits per heavy atom. The molecule has 0 saturated carbocycles. The number of methoxy groups -OCH3 is 1. The van der Waals surface area contributed by atoms with Crippen molar-refractivity contribution < 1.29 is 9.84 Å². The third-order valence-corrected chi connectivity index (χ3v) is 4.57. The van der Waals surface area contributed by atoms with E-state index in [9.17, 15) is 5.11 Å². The third kappa shape index (κ3) is 2.34. The lowest BCUT2D eigenvalue weighted by molar-refractivity contribution is 0.0827. The maximum atomic E-state index is 11.2. The van der Waals surface area contributed by atoms with Crippen LogP contribution in [0.3, 0.4) is 0 Å². The summed E-state index contributed by atoms with van der Waals surface area (Å²) in [6.45, 7) is 4.36. The van der Waals surface area contributed by atoms with E-state index in [4.69, 9.17) is 4.74 Å². The first-order valence-electron chi connectivity index (χ1n) is 7.55. The highest BCUT2D eigenvalue weighted by molar-refractivity contribution is 5.48. The van der Waals surface area contributed by atoms with Crippen LogP contribution in [-0.4, -0.2) is 12.2 Å². The van der Waals surface area contributed by atoms with Crippen molar-refractivity contribution in [3.8, 4) is 5.75 Å². The Morgan fingerprint density at radius 1 is 1.10 bits per heavy atom. The zero-order valence-electron chi connectivity index (χ0n) is 12.9. The number of rotatable bonds is 3. The summed E-state index contributed by atoms with van der Waals surface area (Å²) < 4.78 is 5.31. The summed E-state index contributed by atoms with van der Waals surface area (Å²) in [6, 6.07) is 14.4. The lowest BCUT2D eigenvalue weighted by Gasteiger charge is -2.25. The second-order valence-corrected chi connectivity index (χ2v) is 6.16. The molecule has 0 saturated heterocycles. The van der Waals surface area contributed by atoms with Gasteiger partial charge in [0.25, 0.3) is 0 Å². The van der Waals surface area contributed by atoms with Gasteiger partial charge < -0.3 is 9.84 Å². The number of aliphatic hydroxyl groups is 1. The van der Waals surface area contributed by atoms with Gasteiger partial charge in [0, 0.05) is 0 Å². The molecule has 0 spiro atoms. The summed E-state index contributed by atoms with van der Waals surface area (Å²) in [5.41, 5.74) is 3.58. The quantitative estimate of drug-likeness (QED) is 0.922. The molecule has 0 aliphatic heterocycles. The Bertz CT molecular complexity index is 643. The van der Waals surface area contributed by atoms with Crippen LogP contribution in [0.4, 0.5) is 0 Å². The number of fused-ring (bicyclic) bond motifs is 1. The minimum absolute atomic E-state index is 0.504. The average molecular weight is 282 g/mol. The molecule has 1 atom stereocenters. The molecule has 1 unspecified atom stereocenters. The van der Waals surface area contributed by atoms with Gasteiger partial charge in [-0.05, 0) is 53.1 Å². The van der Waals surface area contributed by atoms with Crippen LogP contribution in [-0.2, 0) is 12.0 Å². The van der Waals surface area contributed by atoms with E-state index in [-0.39, 0.29) is 0 Å². The molecule has 110 valence electrons. The Hall–Kier alpha value is -1.80. The predicted molar refractivity (Wildman–Crippen MR) is 84.8 cm³/mol. The summed E-state index contributed by atoms with van der Waals surface area (Å²) in [4.78, 5) is 0. The summed E-state index contributed by atoms with van der Waals surface area (Å²) in [7, 11) is 1.66. The van der Waals surface area contributed by atoms with Gasteiger partial charge in [0.2, 0.25) is 0 Å². The summed E-state index contributed by atoms with van der Waals surface area (Å²) >= 11 is 0. The summed E-state index contributed by atoms with van der Waals surface area (Å²) in [6.07, 6.45) is 1.64. The number of aryl methyl sites for hydroxylation is 1. The van der Waals surface area contributed by atoms with Gasteiger partial charge >= 0.3 is 0 Å². The molecule has 2 aromatic carbocycles. The zero-order valence-corrected chi connectivity index (χ0v) is 12.9. The zero-order chi connectivity index (χ0) is 15.0. The van der Waals surface area contributed by atoms with Crippen LogP contribution in [0.15, 0.2) is 42.5 Å². The molecule has 0 amide bonds. The minimum Gasteiger partial charge on any atom is -0.497 e. The van der Waals surface area contributed by atoms with E-state index in [0.717, 1.165) is 29.7 Å². The fourth-order valence-electron chi connectivity index (χ4n) is 3.18. The van der Waals surface area contributed by atoms with Gasteiger partial charge in [0.05, 0.1) is 7.11 Å². The van der Waals surface area contributed by atoms with Gasteiger partial charge in [0.1, 0.15) is 11.4 Å². The lowest BCUT2D eigenvalue weighted by Crippen LogP contribution is -2.23. The highest BCUT2D eigenvalue weighted by atomic mass is 16.5. The summed E-state index contributed by atoms with van der Waals surface area (Å²) in [5.74, 6) is 1.30. The molecule has 2 heteroatoms. The molecular weight excluding hydrogens is 260 g/mol. The van der Waals surface area contributed by atoms with Gasteiger partial charge in [-0.1, -0.05) is 44.2 Å². The van der Waals surface area contributed by atoms with Crippen molar-refractivity contribution in [2.45, 2.75) is 38.2 Å². The molecule has 0 bridgehead atoms. The van der Waals surface area contributed by atoms with E-state index in [2.05, 4.69) is 44.2 Å². The van der Waals surface area contributed by atoms with E-state index >= 15 is 0 Å². The second kappa shape index (κ2) is 5.19. The van der Waals surface area contributed by atoms with Crippen LogP contribution >= 0.6 is 0 Å². The average Bonchev–Trinajstić information content (AvgIpc) is 2.85. The van der Waals surface area contributed by atoms with Crippen LogP contribution < -0.4 is 4.74 Å². The standard InChI is InChI=1S/C19H22O2/c1-13(2)14-4-7-16(8-5-14)19(20)11-10-15-6-9-17(21-3)12-18(15)19/h4-9,12-13,20H,10-11H2,1-3H3. The van der Waals surface area contributed by atoms with E-state index in [0.29, 0.717) is 5.92 Å². The Labute approximate surface area is 126 Å². The molecule has 1 N–H and O–H groups in total. The van der Waals surface area contributed by atoms with E-state index < -0.39 is 5.60 Å². The molecule has 0 fully saturated rings. The fourth-order valence-corrected chi connectivity index (χ4v) is 3.18. The van der Waals surface area contributed by atoms with Crippen LogP contribution in [0.5, 0.6) is 5.75 Å². The molecule has 2 aromatic rings. The first kappa shape index (κ1) is 14.2. The van der Waals surface area contributed by atoms with Crippen molar-refractivity contribution in [1.82, 2.24) is 0 Å². The Morgan fingerprint density at radius 2 is 1.81 bits per heavy atom. The van der Waals surface area contributed by atoms with E-state index in [1.807, 2.05) is 12.1 Å². The van der Waals surface area contributed by atoms with E-state index in [1.54, 1.807) is 7.11 Å². The molecule has 21 heavy (non-hydrogen) atoms. The third-order valence-electron chi connectivity index (χ3n) is 4.57. The number of ether oxygens (including phenoxy) is 1. The maximum absolute atomic E-state index is 11.2. The molecule has 2 nitrogen and oxygen atoms in total. The van der Waals surface area contributed by atoms with Gasteiger partial charge in [-0.3, -0.25) is 0 Å². The van der Waals surface area contributed by atoms with Crippen molar-refractivity contribution >= 4 is 0 Å². The smallest absolute Gasteiger partial charge is 0.119 e. The van der Waals surface area contributed by atoms with Crippen LogP contribution in [0, 0.1) is 0 Å². The van der Waals surface area contributed by atoms with Crippen molar-refractivity contribution in [2.24, 2.45) is 0 Å². The molecule has 3 rings (SSSR count). The second-order valence-electron chi connectivity index (χ2n) is 6.16. The fraction of sp³-hybridized carbons (Fsp3) is 0.368. The van der Waals surface area contributed by atoms with Crippen molar-refractivity contribution in [3.05, 3.63) is 64.7 Å². The van der Waals surface area contributed by atoms with Crippen molar-refractivity contribution in [1.29, 1.82) is 0 Å². The Balaban J connectivity index is 2.03. The Kier molecular flexibility index (Phi) is 3.50. The van der Waals surface area contributed by atoms with Crippen LogP contribution in [0.2, 0.25) is 0 Å². The molecular formula is C19H22O2. The maximum Gasteiger partial charge on any atom is 0.119 e. The van der Waals surface area contributed by atoms with Gasteiger partial charge in [-0.2, -0.15) is 0 Å².